The van der Waals surface area contributed by atoms with Crippen molar-refractivity contribution in [1.82, 2.24) is 9.78 Å². The molecule has 0 fully saturated rings. The van der Waals surface area contributed by atoms with E-state index in [1.807, 2.05) is 24.7 Å². The van der Waals surface area contributed by atoms with Gasteiger partial charge in [0.25, 0.3) is 0 Å². The molecular formula is C7H11IN2O. The lowest BCUT2D eigenvalue weighted by atomic mass is 10.6. The van der Waals surface area contributed by atoms with E-state index in [2.05, 4.69) is 27.7 Å². The summed E-state index contributed by atoms with van der Waals surface area (Å²) in [4.78, 5) is 0. The molecule has 4 heteroatoms. The molecule has 0 aromatic carbocycles. The molecule has 0 saturated heterocycles. The molecule has 1 aromatic rings. The Labute approximate surface area is 79.9 Å². The predicted molar refractivity (Wildman–Crippen MR) is 51.8 cm³/mol. The lowest BCUT2D eigenvalue weighted by Gasteiger charge is -2.04. The maximum absolute atomic E-state index is 5.39. The van der Waals surface area contributed by atoms with Crippen molar-refractivity contribution in [2.45, 2.75) is 20.4 Å². The summed E-state index contributed by atoms with van der Waals surface area (Å²) in [5, 5.41) is 4.14. The van der Waals surface area contributed by atoms with Crippen molar-refractivity contribution in [2.24, 2.45) is 0 Å². The zero-order valence-electron chi connectivity index (χ0n) is 6.67. The number of aryl methyl sites for hydroxylation is 1. The van der Waals surface area contributed by atoms with E-state index in [-0.39, 0.29) is 0 Å². The molecular weight excluding hydrogens is 255 g/mol. The van der Waals surface area contributed by atoms with Gasteiger partial charge in [-0.3, -0.25) is 0 Å². The van der Waals surface area contributed by atoms with E-state index >= 15 is 0 Å². The first kappa shape index (κ1) is 8.83. The highest BCUT2D eigenvalue weighted by atomic mass is 127. The summed E-state index contributed by atoms with van der Waals surface area (Å²) < 4.78 is 8.32. The topological polar surface area (TPSA) is 27.1 Å². The third kappa shape index (κ3) is 1.85. The smallest absolute Gasteiger partial charge is 0.225 e. The first-order valence-corrected chi connectivity index (χ1v) is 4.71. The molecule has 1 aromatic heterocycles. The molecule has 11 heavy (non-hydrogen) atoms. The van der Waals surface area contributed by atoms with E-state index < -0.39 is 0 Å². The van der Waals surface area contributed by atoms with Crippen LogP contribution in [-0.4, -0.2) is 16.4 Å². The van der Waals surface area contributed by atoms with Crippen molar-refractivity contribution < 1.29 is 4.74 Å². The fourth-order valence-electron chi connectivity index (χ4n) is 0.857. The highest BCUT2D eigenvalue weighted by molar-refractivity contribution is 14.1. The summed E-state index contributed by atoms with van der Waals surface area (Å²) in [7, 11) is 0. The Bertz CT molecular complexity index is 234. The van der Waals surface area contributed by atoms with Gasteiger partial charge < -0.3 is 4.74 Å². The Morgan fingerprint density at radius 3 is 2.91 bits per heavy atom. The van der Waals surface area contributed by atoms with Crippen molar-refractivity contribution in [3.8, 4) is 5.88 Å². The summed E-state index contributed by atoms with van der Waals surface area (Å²) in [5.41, 5.74) is 0. The fraction of sp³-hybridized carbons (Fsp3) is 0.571. The Morgan fingerprint density at radius 2 is 2.36 bits per heavy atom. The summed E-state index contributed by atoms with van der Waals surface area (Å²) in [6.45, 7) is 5.58. The van der Waals surface area contributed by atoms with Gasteiger partial charge in [0.15, 0.2) is 0 Å². The van der Waals surface area contributed by atoms with Gasteiger partial charge in [-0.15, -0.1) is 0 Å². The quantitative estimate of drug-likeness (QED) is 0.781. The molecule has 1 heterocycles. The lowest BCUT2D eigenvalue weighted by Crippen LogP contribution is -2.03. The number of hydrogen-bond acceptors (Lipinski definition) is 2. The highest BCUT2D eigenvalue weighted by Crippen LogP contribution is 2.19. The third-order valence-corrected chi connectivity index (χ3v) is 2.07. The number of halogens is 1. The Morgan fingerprint density at radius 1 is 1.64 bits per heavy atom. The molecule has 0 bridgehead atoms. The largest absolute Gasteiger partial charge is 0.477 e. The van der Waals surface area contributed by atoms with Gasteiger partial charge in [0, 0.05) is 6.54 Å². The second kappa shape index (κ2) is 3.94. The second-order valence-corrected chi connectivity index (χ2v) is 3.21. The van der Waals surface area contributed by atoms with Crippen molar-refractivity contribution in [3.05, 3.63) is 9.77 Å². The van der Waals surface area contributed by atoms with E-state index in [9.17, 15) is 0 Å². The van der Waals surface area contributed by atoms with Crippen LogP contribution in [0, 0.1) is 3.57 Å². The maximum Gasteiger partial charge on any atom is 0.225 e. The average molecular weight is 266 g/mol. The number of aromatic nitrogens is 2. The van der Waals surface area contributed by atoms with Crippen LogP contribution in [0.1, 0.15) is 13.8 Å². The van der Waals surface area contributed by atoms with E-state index in [1.54, 1.807) is 0 Å². The van der Waals surface area contributed by atoms with Crippen LogP contribution in [0.25, 0.3) is 0 Å². The molecule has 0 amide bonds. The molecule has 0 radical (unpaired) electrons. The van der Waals surface area contributed by atoms with Crippen molar-refractivity contribution in [3.63, 3.8) is 0 Å². The van der Waals surface area contributed by atoms with Crippen LogP contribution in [0.4, 0.5) is 0 Å². The van der Waals surface area contributed by atoms with E-state index in [4.69, 9.17) is 4.74 Å². The normalized spacial score (nSPS) is 10.1. The predicted octanol–water partition coefficient (Wildman–Crippen LogP) is 1.91. The minimum absolute atomic E-state index is 0.696. The SMILES string of the molecule is CCOc1c(I)cnn1CC. The molecule has 0 N–H and O–H groups in total. The van der Waals surface area contributed by atoms with Gasteiger partial charge in [-0.05, 0) is 36.4 Å². The minimum atomic E-state index is 0.696. The Balaban J connectivity index is 2.88. The molecule has 0 unspecified atom stereocenters. The van der Waals surface area contributed by atoms with Gasteiger partial charge in [0.1, 0.15) is 0 Å². The number of nitrogens with zero attached hydrogens (tertiary/aromatic N) is 2. The van der Waals surface area contributed by atoms with Crippen molar-refractivity contribution in [2.75, 3.05) is 6.61 Å². The van der Waals surface area contributed by atoms with Crippen LogP contribution in [-0.2, 0) is 6.54 Å². The van der Waals surface area contributed by atoms with Gasteiger partial charge in [0.05, 0.1) is 16.4 Å². The first-order valence-electron chi connectivity index (χ1n) is 3.63. The van der Waals surface area contributed by atoms with Gasteiger partial charge in [-0.2, -0.15) is 5.10 Å². The maximum atomic E-state index is 5.39. The van der Waals surface area contributed by atoms with Crippen molar-refractivity contribution >= 4 is 22.6 Å². The molecule has 1 rings (SSSR count). The molecule has 0 atom stereocenters. The average Bonchev–Trinajstić information content (AvgIpc) is 2.34. The molecule has 3 nitrogen and oxygen atoms in total. The van der Waals surface area contributed by atoms with Gasteiger partial charge in [0.2, 0.25) is 5.88 Å². The number of hydrogen-bond donors (Lipinski definition) is 0. The summed E-state index contributed by atoms with van der Waals surface area (Å²) >= 11 is 2.22. The van der Waals surface area contributed by atoms with Crippen molar-refractivity contribution in [1.29, 1.82) is 0 Å². The third-order valence-electron chi connectivity index (χ3n) is 1.33. The Kier molecular flexibility index (Phi) is 3.16. The number of ether oxygens (including phenoxy) is 1. The summed E-state index contributed by atoms with van der Waals surface area (Å²) in [6, 6.07) is 0. The fourth-order valence-corrected chi connectivity index (χ4v) is 1.42. The van der Waals surface area contributed by atoms with Crippen LogP contribution < -0.4 is 4.74 Å². The van der Waals surface area contributed by atoms with E-state index in [1.165, 1.54) is 0 Å². The standard InChI is InChI=1S/C7H11IN2O/c1-3-10-7(11-4-2)6(8)5-9-10/h5H,3-4H2,1-2H3. The Hall–Kier alpha value is -0.260. The molecule has 0 aliphatic carbocycles. The van der Waals surface area contributed by atoms with Gasteiger partial charge >= 0.3 is 0 Å². The van der Waals surface area contributed by atoms with Crippen LogP contribution >= 0.6 is 22.6 Å². The lowest BCUT2D eigenvalue weighted by molar-refractivity contribution is 0.301. The zero-order valence-corrected chi connectivity index (χ0v) is 8.83. The monoisotopic (exact) mass is 266 g/mol. The molecule has 62 valence electrons. The van der Waals surface area contributed by atoms with Crippen LogP contribution in [0.15, 0.2) is 6.20 Å². The minimum Gasteiger partial charge on any atom is -0.477 e. The van der Waals surface area contributed by atoms with Crippen LogP contribution in [0.5, 0.6) is 5.88 Å². The first-order chi connectivity index (χ1) is 5.29. The van der Waals surface area contributed by atoms with E-state index in [0.717, 1.165) is 16.0 Å². The second-order valence-electron chi connectivity index (χ2n) is 2.05. The van der Waals surface area contributed by atoms with Crippen LogP contribution in [0.2, 0.25) is 0 Å². The number of rotatable bonds is 3. The van der Waals surface area contributed by atoms with Gasteiger partial charge in [-0.1, -0.05) is 0 Å². The molecule has 0 aliphatic rings. The summed E-state index contributed by atoms with van der Waals surface area (Å²) in [5.74, 6) is 0.885. The highest BCUT2D eigenvalue weighted by Gasteiger charge is 2.06. The summed E-state index contributed by atoms with van der Waals surface area (Å²) in [6.07, 6.45) is 1.81. The zero-order chi connectivity index (χ0) is 8.27. The molecule has 0 saturated carbocycles. The van der Waals surface area contributed by atoms with Gasteiger partial charge in [-0.25, -0.2) is 4.68 Å². The molecule has 0 spiro atoms. The van der Waals surface area contributed by atoms with Crippen LogP contribution in [0.3, 0.4) is 0 Å². The van der Waals surface area contributed by atoms with E-state index in [0.29, 0.717) is 6.61 Å². The molecule has 0 aliphatic heterocycles.